The number of nitrogens with zero attached hydrogens (tertiary/aromatic N) is 3. The Morgan fingerprint density at radius 3 is 2.52 bits per heavy atom. The van der Waals surface area contributed by atoms with E-state index in [1.807, 2.05) is 60.0 Å². The van der Waals surface area contributed by atoms with E-state index in [0.717, 1.165) is 11.3 Å². The third kappa shape index (κ3) is 5.79. The van der Waals surface area contributed by atoms with Crippen molar-refractivity contribution in [3.8, 4) is 11.5 Å². The van der Waals surface area contributed by atoms with E-state index in [9.17, 15) is 4.79 Å². The first-order chi connectivity index (χ1) is 15.0. The number of anilines is 1. The van der Waals surface area contributed by atoms with Gasteiger partial charge in [0.15, 0.2) is 22.5 Å². The van der Waals surface area contributed by atoms with Crippen LogP contribution in [0.4, 0.5) is 5.69 Å². The molecule has 1 heterocycles. The zero-order valence-corrected chi connectivity index (χ0v) is 19.1. The number of benzene rings is 2. The SMILES string of the molecule is CCn1c(COc2ccccc2OC)nnc1SCC(=O)Nc1ccccc1C(C)C. The molecule has 164 valence electrons. The van der Waals surface area contributed by atoms with Gasteiger partial charge in [0, 0.05) is 12.2 Å². The molecule has 0 bridgehead atoms. The van der Waals surface area contributed by atoms with Gasteiger partial charge in [-0.25, -0.2) is 0 Å². The lowest BCUT2D eigenvalue weighted by atomic mass is 10.0. The van der Waals surface area contributed by atoms with Crippen molar-refractivity contribution >= 4 is 23.4 Å². The maximum atomic E-state index is 12.5. The maximum absolute atomic E-state index is 12.5. The highest BCUT2D eigenvalue weighted by atomic mass is 32.2. The second kappa shape index (κ2) is 10.9. The number of rotatable bonds is 10. The summed E-state index contributed by atoms with van der Waals surface area (Å²) < 4.78 is 13.1. The summed E-state index contributed by atoms with van der Waals surface area (Å²) in [6.45, 7) is 7.17. The highest BCUT2D eigenvalue weighted by molar-refractivity contribution is 7.99. The molecule has 0 aliphatic carbocycles. The van der Waals surface area contributed by atoms with Crippen LogP contribution < -0.4 is 14.8 Å². The van der Waals surface area contributed by atoms with Crippen molar-refractivity contribution < 1.29 is 14.3 Å². The molecule has 1 amide bonds. The lowest BCUT2D eigenvalue weighted by Crippen LogP contribution is -2.16. The number of carbonyl (C=O) groups is 1. The van der Waals surface area contributed by atoms with E-state index >= 15 is 0 Å². The van der Waals surface area contributed by atoms with Crippen molar-refractivity contribution in [1.29, 1.82) is 0 Å². The third-order valence-electron chi connectivity index (χ3n) is 4.72. The van der Waals surface area contributed by atoms with Gasteiger partial charge in [0.1, 0.15) is 6.61 Å². The van der Waals surface area contributed by atoms with Crippen LogP contribution in [0.1, 0.15) is 38.1 Å². The zero-order chi connectivity index (χ0) is 22.2. The minimum Gasteiger partial charge on any atom is -0.493 e. The summed E-state index contributed by atoms with van der Waals surface area (Å²) in [7, 11) is 1.61. The number of ether oxygens (including phenoxy) is 2. The Balaban J connectivity index is 1.61. The van der Waals surface area contributed by atoms with E-state index < -0.39 is 0 Å². The standard InChI is InChI=1S/C23H28N4O3S/c1-5-27-21(14-30-20-13-9-8-12-19(20)29-4)25-26-23(27)31-15-22(28)24-18-11-7-6-10-17(18)16(2)3/h6-13,16H,5,14-15H2,1-4H3,(H,24,28). The fourth-order valence-electron chi connectivity index (χ4n) is 3.16. The van der Waals surface area contributed by atoms with Crippen molar-refractivity contribution in [2.45, 2.75) is 45.0 Å². The molecular weight excluding hydrogens is 412 g/mol. The van der Waals surface area contributed by atoms with Gasteiger partial charge in [0.05, 0.1) is 12.9 Å². The van der Waals surface area contributed by atoms with Crippen LogP contribution in [0.15, 0.2) is 53.7 Å². The van der Waals surface area contributed by atoms with Crippen LogP contribution in [-0.2, 0) is 17.9 Å². The molecule has 1 N–H and O–H groups in total. The minimum atomic E-state index is -0.0735. The van der Waals surface area contributed by atoms with Crippen LogP contribution in [0.25, 0.3) is 0 Å². The lowest BCUT2D eigenvalue weighted by Gasteiger charge is -2.13. The van der Waals surface area contributed by atoms with Crippen LogP contribution in [0.2, 0.25) is 0 Å². The molecule has 0 aliphatic rings. The van der Waals surface area contributed by atoms with Crippen molar-refractivity contribution in [3.05, 3.63) is 59.9 Å². The predicted octanol–water partition coefficient (Wildman–Crippen LogP) is 4.74. The molecule has 0 fully saturated rings. The number of amides is 1. The first-order valence-electron chi connectivity index (χ1n) is 10.2. The largest absolute Gasteiger partial charge is 0.493 e. The van der Waals surface area contributed by atoms with Crippen LogP contribution >= 0.6 is 11.8 Å². The highest BCUT2D eigenvalue weighted by Crippen LogP contribution is 2.27. The van der Waals surface area contributed by atoms with Gasteiger partial charge in [-0.05, 0) is 36.6 Å². The summed E-state index contributed by atoms with van der Waals surface area (Å²) in [5, 5.41) is 12.2. The quantitative estimate of drug-likeness (QED) is 0.459. The molecule has 3 rings (SSSR count). The van der Waals surface area contributed by atoms with Crippen LogP contribution in [0.3, 0.4) is 0 Å². The lowest BCUT2D eigenvalue weighted by molar-refractivity contribution is -0.113. The monoisotopic (exact) mass is 440 g/mol. The van der Waals surface area contributed by atoms with E-state index in [2.05, 4.69) is 29.4 Å². The number of para-hydroxylation sites is 3. The molecule has 0 atom stereocenters. The number of thioether (sulfide) groups is 1. The number of hydrogen-bond donors (Lipinski definition) is 1. The second-order valence-corrected chi connectivity index (χ2v) is 8.10. The summed E-state index contributed by atoms with van der Waals surface area (Å²) in [4.78, 5) is 12.5. The molecule has 7 nitrogen and oxygen atoms in total. The molecule has 0 spiro atoms. The van der Waals surface area contributed by atoms with E-state index in [1.165, 1.54) is 11.8 Å². The molecule has 0 saturated carbocycles. The fourth-order valence-corrected chi connectivity index (χ4v) is 3.98. The molecular formula is C23H28N4O3S. The Kier molecular flexibility index (Phi) is 7.94. The molecule has 0 unspecified atom stereocenters. The van der Waals surface area contributed by atoms with Crippen LogP contribution in [0, 0.1) is 0 Å². The third-order valence-corrected chi connectivity index (χ3v) is 5.69. The van der Waals surface area contributed by atoms with E-state index in [0.29, 0.717) is 34.9 Å². The van der Waals surface area contributed by atoms with Crippen molar-refractivity contribution in [2.24, 2.45) is 0 Å². The number of carbonyl (C=O) groups excluding carboxylic acids is 1. The smallest absolute Gasteiger partial charge is 0.234 e. The molecule has 0 radical (unpaired) electrons. The topological polar surface area (TPSA) is 78.3 Å². The van der Waals surface area contributed by atoms with E-state index in [1.54, 1.807) is 7.11 Å². The van der Waals surface area contributed by atoms with Gasteiger partial charge in [-0.1, -0.05) is 55.9 Å². The maximum Gasteiger partial charge on any atom is 0.234 e. The molecule has 2 aromatic carbocycles. The Hall–Kier alpha value is -3.00. The Morgan fingerprint density at radius 2 is 1.81 bits per heavy atom. The number of hydrogen-bond acceptors (Lipinski definition) is 6. The predicted molar refractivity (Wildman–Crippen MR) is 123 cm³/mol. The normalized spacial score (nSPS) is 10.9. The fraction of sp³-hybridized carbons (Fsp3) is 0.348. The van der Waals surface area contributed by atoms with Gasteiger partial charge < -0.3 is 19.4 Å². The minimum absolute atomic E-state index is 0.0735. The zero-order valence-electron chi connectivity index (χ0n) is 18.3. The molecule has 3 aromatic rings. The average molecular weight is 441 g/mol. The number of methoxy groups -OCH3 is 1. The van der Waals surface area contributed by atoms with Gasteiger partial charge in [0.2, 0.25) is 5.91 Å². The van der Waals surface area contributed by atoms with Crippen LogP contribution in [-0.4, -0.2) is 33.5 Å². The van der Waals surface area contributed by atoms with E-state index in [-0.39, 0.29) is 18.3 Å². The van der Waals surface area contributed by atoms with Gasteiger partial charge in [-0.3, -0.25) is 4.79 Å². The summed E-state index contributed by atoms with van der Waals surface area (Å²) in [6, 6.07) is 15.3. The molecule has 8 heteroatoms. The highest BCUT2D eigenvalue weighted by Gasteiger charge is 2.15. The Bertz CT molecular complexity index is 1020. The van der Waals surface area contributed by atoms with Crippen molar-refractivity contribution in [1.82, 2.24) is 14.8 Å². The number of nitrogens with one attached hydrogen (secondary N) is 1. The van der Waals surface area contributed by atoms with Gasteiger partial charge in [-0.15, -0.1) is 10.2 Å². The summed E-state index contributed by atoms with van der Waals surface area (Å²) in [5.74, 6) is 2.51. The second-order valence-electron chi connectivity index (χ2n) is 7.16. The van der Waals surface area contributed by atoms with Gasteiger partial charge >= 0.3 is 0 Å². The first kappa shape index (κ1) is 22.7. The first-order valence-corrected chi connectivity index (χ1v) is 11.2. The average Bonchev–Trinajstić information content (AvgIpc) is 3.18. The van der Waals surface area contributed by atoms with Crippen LogP contribution in [0.5, 0.6) is 11.5 Å². The number of aromatic nitrogens is 3. The summed E-state index contributed by atoms with van der Waals surface area (Å²) >= 11 is 1.36. The molecule has 0 saturated heterocycles. The van der Waals surface area contributed by atoms with Gasteiger partial charge in [-0.2, -0.15) is 0 Å². The van der Waals surface area contributed by atoms with Gasteiger partial charge in [0.25, 0.3) is 0 Å². The van der Waals surface area contributed by atoms with E-state index in [4.69, 9.17) is 9.47 Å². The Labute approximate surface area is 187 Å². The summed E-state index contributed by atoms with van der Waals surface area (Å²) in [5.41, 5.74) is 1.97. The van der Waals surface area contributed by atoms with Crippen molar-refractivity contribution in [3.63, 3.8) is 0 Å². The molecule has 31 heavy (non-hydrogen) atoms. The molecule has 1 aromatic heterocycles. The van der Waals surface area contributed by atoms with Crippen molar-refractivity contribution in [2.75, 3.05) is 18.2 Å². The Morgan fingerprint density at radius 1 is 1.10 bits per heavy atom. The molecule has 0 aliphatic heterocycles. The summed E-state index contributed by atoms with van der Waals surface area (Å²) in [6.07, 6.45) is 0.